The lowest BCUT2D eigenvalue weighted by atomic mass is 10.1. The van der Waals surface area contributed by atoms with Crippen LogP contribution in [0.1, 0.15) is 38.4 Å². The molecule has 1 rings (SSSR count). The van der Waals surface area contributed by atoms with Crippen LogP contribution in [0.4, 0.5) is 0 Å². The molecule has 0 fully saturated rings. The van der Waals surface area contributed by atoms with Crippen molar-refractivity contribution in [2.45, 2.75) is 39.3 Å². The van der Waals surface area contributed by atoms with Crippen LogP contribution in [0.2, 0.25) is 0 Å². The summed E-state index contributed by atoms with van der Waals surface area (Å²) >= 11 is 0. The summed E-state index contributed by atoms with van der Waals surface area (Å²) in [5, 5.41) is 11.7. The van der Waals surface area contributed by atoms with Crippen molar-refractivity contribution in [2.24, 2.45) is 0 Å². The Labute approximate surface area is 104 Å². The largest absolute Gasteiger partial charge is 0.309 e. The van der Waals surface area contributed by atoms with E-state index in [1.807, 2.05) is 10.9 Å². The van der Waals surface area contributed by atoms with Gasteiger partial charge >= 0.3 is 0 Å². The second-order valence-corrected chi connectivity index (χ2v) is 4.58. The number of nitrogens with one attached hydrogen (secondary N) is 1. The van der Waals surface area contributed by atoms with Crippen molar-refractivity contribution >= 4 is 0 Å². The summed E-state index contributed by atoms with van der Waals surface area (Å²) in [6.07, 6.45) is 4.06. The van der Waals surface area contributed by atoms with Gasteiger partial charge in [-0.15, -0.1) is 5.10 Å². The SMILES string of the molecule is CCCn1nncc1C(CCN(C)C)NCC. The van der Waals surface area contributed by atoms with Crippen LogP contribution in [0.5, 0.6) is 0 Å². The lowest BCUT2D eigenvalue weighted by molar-refractivity contribution is 0.353. The van der Waals surface area contributed by atoms with Gasteiger partial charge in [0.25, 0.3) is 0 Å². The minimum Gasteiger partial charge on any atom is -0.309 e. The average molecular weight is 239 g/mol. The average Bonchev–Trinajstić information content (AvgIpc) is 2.73. The highest BCUT2D eigenvalue weighted by Gasteiger charge is 2.15. The molecule has 1 N–H and O–H groups in total. The quantitative estimate of drug-likeness (QED) is 0.742. The van der Waals surface area contributed by atoms with Gasteiger partial charge in [-0.25, -0.2) is 4.68 Å². The standard InChI is InChI=1S/C12H25N5/c1-5-8-17-12(10-14-15-17)11(13-6-2)7-9-16(3)4/h10-11,13H,5-9H2,1-4H3. The summed E-state index contributed by atoms with van der Waals surface area (Å²) in [5.41, 5.74) is 1.20. The van der Waals surface area contributed by atoms with Gasteiger partial charge < -0.3 is 10.2 Å². The molecule has 0 bridgehead atoms. The van der Waals surface area contributed by atoms with Crippen LogP contribution in [0.3, 0.4) is 0 Å². The molecular weight excluding hydrogens is 214 g/mol. The molecule has 0 saturated heterocycles. The molecule has 1 aromatic heterocycles. The van der Waals surface area contributed by atoms with Gasteiger partial charge in [0.05, 0.1) is 17.9 Å². The Morgan fingerprint density at radius 2 is 2.18 bits per heavy atom. The van der Waals surface area contributed by atoms with Crippen molar-refractivity contribution in [1.82, 2.24) is 25.2 Å². The van der Waals surface area contributed by atoms with Gasteiger partial charge in [0.2, 0.25) is 0 Å². The third-order valence-electron chi connectivity index (χ3n) is 2.76. The third-order valence-corrected chi connectivity index (χ3v) is 2.76. The second kappa shape index (κ2) is 7.40. The minimum atomic E-state index is 0.351. The van der Waals surface area contributed by atoms with E-state index in [1.54, 1.807) is 0 Å². The maximum atomic E-state index is 4.15. The number of aromatic nitrogens is 3. The molecule has 1 unspecified atom stereocenters. The van der Waals surface area contributed by atoms with Gasteiger partial charge in [0, 0.05) is 6.54 Å². The van der Waals surface area contributed by atoms with E-state index in [1.165, 1.54) is 5.69 Å². The summed E-state index contributed by atoms with van der Waals surface area (Å²) in [5.74, 6) is 0. The van der Waals surface area contributed by atoms with Crippen LogP contribution >= 0.6 is 0 Å². The molecule has 5 heteroatoms. The van der Waals surface area contributed by atoms with E-state index >= 15 is 0 Å². The van der Waals surface area contributed by atoms with E-state index in [2.05, 4.69) is 48.5 Å². The van der Waals surface area contributed by atoms with E-state index in [0.29, 0.717) is 6.04 Å². The number of hydrogen-bond donors (Lipinski definition) is 1. The summed E-state index contributed by atoms with van der Waals surface area (Å²) in [4.78, 5) is 2.21. The molecule has 5 nitrogen and oxygen atoms in total. The van der Waals surface area contributed by atoms with E-state index < -0.39 is 0 Å². The van der Waals surface area contributed by atoms with Crippen LogP contribution in [-0.2, 0) is 6.54 Å². The number of aryl methyl sites for hydroxylation is 1. The summed E-state index contributed by atoms with van der Waals surface area (Å²) < 4.78 is 2.02. The zero-order valence-corrected chi connectivity index (χ0v) is 11.5. The topological polar surface area (TPSA) is 46.0 Å². The van der Waals surface area contributed by atoms with Crippen molar-refractivity contribution in [3.8, 4) is 0 Å². The fourth-order valence-corrected chi connectivity index (χ4v) is 1.91. The maximum Gasteiger partial charge on any atom is 0.0757 e. The van der Waals surface area contributed by atoms with Gasteiger partial charge in [-0.05, 0) is 40.0 Å². The predicted molar refractivity (Wildman–Crippen MR) is 69.9 cm³/mol. The Balaban J connectivity index is 2.70. The van der Waals surface area contributed by atoms with Crippen LogP contribution in [0, 0.1) is 0 Å². The molecule has 17 heavy (non-hydrogen) atoms. The smallest absolute Gasteiger partial charge is 0.0757 e. The van der Waals surface area contributed by atoms with Gasteiger partial charge in [-0.3, -0.25) is 0 Å². The summed E-state index contributed by atoms with van der Waals surface area (Å²) in [6, 6.07) is 0.351. The van der Waals surface area contributed by atoms with Gasteiger partial charge in [0.1, 0.15) is 0 Å². The van der Waals surface area contributed by atoms with Crippen LogP contribution in [0.25, 0.3) is 0 Å². The number of nitrogens with zero attached hydrogens (tertiary/aromatic N) is 4. The Kier molecular flexibility index (Phi) is 6.15. The maximum absolute atomic E-state index is 4.15. The molecule has 0 aliphatic rings. The molecule has 0 spiro atoms. The van der Waals surface area contributed by atoms with E-state index in [-0.39, 0.29) is 0 Å². The van der Waals surface area contributed by atoms with Crippen molar-refractivity contribution in [3.05, 3.63) is 11.9 Å². The monoisotopic (exact) mass is 239 g/mol. The van der Waals surface area contributed by atoms with Crippen LogP contribution in [-0.4, -0.2) is 47.1 Å². The zero-order chi connectivity index (χ0) is 12.7. The molecule has 0 aliphatic heterocycles. The second-order valence-electron chi connectivity index (χ2n) is 4.58. The van der Waals surface area contributed by atoms with Crippen molar-refractivity contribution in [2.75, 3.05) is 27.2 Å². The zero-order valence-electron chi connectivity index (χ0n) is 11.5. The molecule has 0 aliphatic carbocycles. The van der Waals surface area contributed by atoms with Crippen molar-refractivity contribution < 1.29 is 0 Å². The molecule has 0 radical (unpaired) electrons. The fraction of sp³-hybridized carbons (Fsp3) is 0.833. The molecule has 1 atom stereocenters. The van der Waals surface area contributed by atoms with Crippen molar-refractivity contribution in [1.29, 1.82) is 0 Å². The minimum absolute atomic E-state index is 0.351. The summed E-state index contributed by atoms with van der Waals surface area (Å²) in [7, 11) is 4.20. The van der Waals surface area contributed by atoms with E-state index in [9.17, 15) is 0 Å². The first-order valence-electron chi connectivity index (χ1n) is 6.45. The van der Waals surface area contributed by atoms with E-state index in [4.69, 9.17) is 0 Å². The van der Waals surface area contributed by atoms with Gasteiger partial charge in [-0.1, -0.05) is 19.1 Å². The molecule has 1 heterocycles. The first-order valence-corrected chi connectivity index (χ1v) is 6.45. The Hall–Kier alpha value is -0.940. The third kappa shape index (κ3) is 4.44. The lowest BCUT2D eigenvalue weighted by Gasteiger charge is -2.20. The normalized spacial score (nSPS) is 13.2. The molecule has 0 aromatic carbocycles. The summed E-state index contributed by atoms with van der Waals surface area (Å²) in [6.45, 7) is 7.27. The van der Waals surface area contributed by atoms with Crippen LogP contribution in [0.15, 0.2) is 6.20 Å². The highest BCUT2D eigenvalue weighted by atomic mass is 15.4. The molecule has 1 aromatic rings. The van der Waals surface area contributed by atoms with Gasteiger partial charge in [0.15, 0.2) is 0 Å². The van der Waals surface area contributed by atoms with Gasteiger partial charge in [-0.2, -0.15) is 0 Å². The van der Waals surface area contributed by atoms with Crippen LogP contribution < -0.4 is 5.32 Å². The highest BCUT2D eigenvalue weighted by molar-refractivity contribution is 5.02. The Bertz CT molecular complexity index is 308. The molecule has 0 amide bonds. The Morgan fingerprint density at radius 3 is 2.76 bits per heavy atom. The molecule has 0 saturated carbocycles. The Morgan fingerprint density at radius 1 is 1.41 bits per heavy atom. The molecular formula is C12H25N5. The van der Waals surface area contributed by atoms with E-state index in [0.717, 1.165) is 32.5 Å². The number of hydrogen-bond acceptors (Lipinski definition) is 4. The molecule has 98 valence electrons. The number of rotatable bonds is 8. The first-order chi connectivity index (χ1) is 8.19. The lowest BCUT2D eigenvalue weighted by Crippen LogP contribution is -2.27. The van der Waals surface area contributed by atoms with Crippen molar-refractivity contribution in [3.63, 3.8) is 0 Å². The fourth-order valence-electron chi connectivity index (χ4n) is 1.91. The predicted octanol–water partition coefficient (Wildman–Crippen LogP) is 1.29. The highest BCUT2D eigenvalue weighted by Crippen LogP contribution is 2.15. The first kappa shape index (κ1) is 14.1.